The Bertz CT molecular complexity index is 412. The molecule has 0 radical (unpaired) electrons. The molecule has 0 aromatic heterocycles. The van der Waals surface area contributed by atoms with Crippen LogP contribution in [0.2, 0.25) is 0 Å². The van der Waals surface area contributed by atoms with Crippen molar-refractivity contribution in [2.75, 3.05) is 0 Å². The van der Waals surface area contributed by atoms with Gasteiger partial charge in [0, 0.05) is 0 Å². The summed E-state index contributed by atoms with van der Waals surface area (Å²) in [6.45, 7) is 8.96. The van der Waals surface area contributed by atoms with Crippen molar-refractivity contribution in [3.8, 4) is 0 Å². The van der Waals surface area contributed by atoms with E-state index in [0.29, 0.717) is 0 Å². The van der Waals surface area contributed by atoms with Gasteiger partial charge in [0.15, 0.2) is 0 Å². The first kappa shape index (κ1) is 29.9. The second-order valence-electron chi connectivity index (χ2n) is 6.15. The molecule has 0 atom stereocenters. The van der Waals surface area contributed by atoms with Gasteiger partial charge in [0.05, 0.1) is 0 Å². The molecule has 2 aromatic rings. The number of rotatable bonds is 8. The molecule has 0 N–H and O–H groups in total. The van der Waals surface area contributed by atoms with Crippen molar-refractivity contribution in [1.29, 1.82) is 0 Å². The Morgan fingerprint density at radius 3 is 1.28 bits per heavy atom. The van der Waals surface area contributed by atoms with E-state index in [4.69, 9.17) is 0 Å². The van der Waals surface area contributed by atoms with Crippen molar-refractivity contribution in [1.82, 2.24) is 0 Å². The fourth-order valence-electron chi connectivity index (χ4n) is 3.04. The fourth-order valence-corrected chi connectivity index (χ4v) is 3.04. The molecule has 0 spiro atoms. The van der Waals surface area contributed by atoms with Gasteiger partial charge in [-0.05, 0) is 0 Å². The number of aryl methyl sites for hydroxylation is 4. The third-order valence-electron chi connectivity index (χ3n) is 4.09. The van der Waals surface area contributed by atoms with Crippen LogP contribution in [0.4, 0.5) is 0 Å². The predicted octanol–water partition coefficient (Wildman–Crippen LogP) is 0.627. The average Bonchev–Trinajstić information content (AvgIpc) is 3.12. The summed E-state index contributed by atoms with van der Waals surface area (Å²) in [5.41, 5.74) is 6.26. The van der Waals surface area contributed by atoms with Crippen LogP contribution in [0.25, 0.3) is 0 Å². The third kappa shape index (κ3) is 11.5. The van der Waals surface area contributed by atoms with Crippen molar-refractivity contribution in [2.45, 2.75) is 79.1 Å². The number of halogens is 2. The maximum absolute atomic E-state index is 2.26. The van der Waals surface area contributed by atoms with Crippen molar-refractivity contribution in [3.05, 3.63) is 58.7 Å². The molecule has 0 aliphatic carbocycles. The standard InChI is InChI=1S/2C11H17.2ClH.Zr/c2*1-3-6-10-8-5-9-11(10)7-4-2;;;/h2*5,8-9H,3-4,6-7H2,1-2H3;2*1H;/q2*-1;;;+4/p-2. The van der Waals surface area contributed by atoms with Crippen LogP contribution >= 0.6 is 0 Å². The largest absolute Gasteiger partial charge is 4.00 e. The summed E-state index contributed by atoms with van der Waals surface area (Å²) in [5.74, 6) is 0. The zero-order valence-corrected chi connectivity index (χ0v) is 20.3. The van der Waals surface area contributed by atoms with E-state index in [1.807, 2.05) is 0 Å². The summed E-state index contributed by atoms with van der Waals surface area (Å²) in [6.07, 6.45) is 10.1. The molecule has 140 valence electrons. The molecule has 0 amide bonds. The van der Waals surface area contributed by atoms with E-state index in [2.05, 4.69) is 64.1 Å². The SMILES string of the molecule is CCCc1ccc[c-]1CCC.CCCc1ccc[c-]1CCC.[Cl-].[Cl-].[Zr+4]. The number of hydrogen-bond acceptors (Lipinski definition) is 0. The minimum Gasteiger partial charge on any atom is -1.00 e. The van der Waals surface area contributed by atoms with Gasteiger partial charge in [0.1, 0.15) is 0 Å². The van der Waals surface area contributed by atoms with Gasteiger partial charge in [0.2, 0.25) is 0 Å². The van der Waals surface area contributed by atoms with Crippen LogP contribution in [0.5, 0.6) is 0 Å². The van der Waals surface area contributed by atoms with Crippen molar-refractivity contribution in [2.24, 2.45) is 0 Å². The predicted molar refractivity (Wildman–Crippen MR) is 100 cm³/mol. The molecule has 2 aromatic carbocycles. The monoisotopic (exact) mass is 458 g/mol. The zero-order chi connectivity index (χ0) is 16.2. The first-order chi connectivity index (χ1) is 10.8. The van der Waals surface area contributed by atoms with Crippen LogP contribution in [0.15, 0.2) is 36.4 Å². The Morgan fingerprint density at radius 2 is 1.00 bits per heavy atom. The summed E-state index contributed by atoms with van der Waals surface area (Å²) in [4.78, 5) is 0. The van der Waals surface area contributed by atoms with Crippen LogP contribution < -0.4 is 24.8 Å². The molecule has 0 fully saturated rings. The van der Waals surface area contributed by atoms with Crippen LogP contribution in [-0.4, -0.2) is 0 Å². The molecule has 0 unspecified atom stereocenters. The Kier molecular flexibility index (Phi) is 22.7. The second kappa shape index (κ2) is 18.9. The fraction of sp³-hybridized carbons (Fsp3) is 0.545. The van der Waals surface area contributed by atoms with Crippen molar-refractivity contribution >= 4 is 0 Å². The molecule has 3 heteroatoms. The van der Waals surface area contributed by atoms with E-state index in [1.54, 1.807) is 22.3 Å². The molecule has 0 bridgehead atoms. The topological polar surface area (TPSA) is 0 Å². The van der Waals surface area contributed by atoms with Crippen LogP contribution in [0.1, 0.15) is 75.6 Å². The van der Waals surface area contributed by atoms with Crippen LogP contribution in [-0.2, 0) is 51.9 Å². The van der Waals surface area contributed by atoms with Gasteiger partial charge in [-0.2, -0.15) is 34.4 Å². The Morgan fingerprint density at radius 1 is 0.640 bits per heavy atom. The number of hydrogen-bond donors (Lipinski definition) is 0. The Balaban J connectivity index is -0.000000346. The minimum absolute atomic E-state index is 0. The van der Waals surface area contributed by atoms with Gasteiger partial charge in [-0.15, -0.1) is 0 Å². The van der Waals surface area contributed by atoms with Gasteiger partial charge < -0.3 is 24.8 Å². The van der Waals surface area contributed by atoms with Gasteiger partial charge in [-0.1, -0.05) is 79.1 Å². The molecule has 25 heavy (non-hydrogen) atoms. The average molecular weight is 461 g/mol. The maximum Gasteiger partial charge on any atom is 4.00 e. The molecule has 0 saturated heterocycles. The summed E-state index contributed by atoms with van der Waals surface area (Å²) >= 11 is 0. The van der Waals surface area contributed by atoms with E-state index in [1.165, 1.54) is 51.4 Å². The smallest absolute Gasteiger partial charge is 1.00 e. The summed E-state index contributed by atoms with van der Waals surface area (Å²) < 4.78 is 0. The first-order valence-electron chi connectivity index (χ1n) is 9.23. The minimum atomic E-state index is 0. The van der Waals surface area contributed by atoms with E-state index >= 15 is 0 Å². The zero-order valence-electron chi connectivity index (χ0n) is 16.4. The van der Waals surface area contributed by atoms with Crippen molar-refractivity contribution in [3.63, 3.8) is 0 Å². The molecule has 0 saturated carbocycles. The molecule has 0 aliphatic rings. The summed E-state index contributed by atoms with van der Waals surface area (Å²) in [5, 5.41) is 0. The normalized spacial score (nSPS) is 9.12. The van der Waals surface area contributed by atoms with E-state index < -0.39 is 0 Å². The van der Waals surface area contributed by atoms with Crippen LogP contribution in [0, 0.1) is 0 Å². The maximum atomic E-state index is 2.26. The van der Waals surface area contributed by atoms with Gasteiger partial charge in [-0.3, -0.25) is 0 Å². The molecule has 2 rings (SSSR count). The molecular weight excluding hydrogens is 426 g/mol. The third-order valence-corrected chi connectivity index (χ3v) is 4.09. The second-order valence-corrected chi connectivity index (χ2v) is 6.15. The Hall–Kier alpha value is 0.163. The summed E-state index contributed by atoms with van der Waals surface area (Å²) in [7, 11) is 0. The molecular formula is C22H34Cl2Zr. The quantitative estimate of drug-likeness (QED) is 0.507. The summed E-state index contributed by atoms with van der Waals surface area (Å²) in [6, 6.07) is 13.4. The van der Waals surface area contributed by atoms with Gasteiger partial charge in [-0.25, -0.2) is 24.3 Å². The molecule has 0 aliphatic heterocycles. The van der Waals surface area contributed by atoms with E-state index in [-0.39, 0.29) is 51.0 Å². The Labute approximate surface area is 187 Å². The first-order valence-corrected chi connectivity index (χ1v) is 9.23. The molecule has 0 nitrogen and oxygen atoms in total. The van der Waals surface area contributed by atoms with Crippen LogP contribution in [0.3, 0.4) is 0 Å². The van der Waals surface area contributed by atoms with Crippen molar-refractivity contribution < 1.29 is 51.0 Å². The molecule has 0 heterocycles. The van der Waals surface area contributed by atoms with Gasteiger partial charge in [0.25, 0.3) is 0 Å². The van der Waals surface area contributed by atoms with E-state index in [0.717, 1.165) is 0 Å². The van der Waals surface area contributed by atoms with E-state index in [9.17, 15) is 0 Å². The van der Waals surface area contributed by atoms with Gasteiger partial charge >= 0.3 is 26.2 Å².